The lowest BCUT2D eigenvalue weighted by atomic mass is 10.0. The standard InChI is InChI=1S/C41H51N7O8/c1-24(53-3)35(45-40(51)55-5)38(49)47-21-7-9-33(47)31-20-19-30(43-31)28-15-11-26(12-16-28)27-13-17-29(18-14-27)32-23-42-37(44-32)34-10-8-22-48(34)39(50)36(25(2)54-4)46-41(52)56-6/h11-20,23-25,33-36,43H,7-10,21-22H2,1-6H3,(H,42,44)(H,45,51)(H,46,52)/t24-,25-,33?,34+,35+,36+/m1/s1. The molecule has 2 saturated heterocycles. The summed E-state index contributed by atoms with van der Waals surface area (Å²) in [6.07, 6.45) is 2.52. The minimum absolute atomic E-state index is 0.155. The molecule has 2 aromatic carbocycles. The van der Waals surface area contributed by atoms with Gasteiger partial charge in [0.05, 0.1) is 50.4 Å². The van der Waals surface area contributed by atoms with Crippen LogP contribution in [0.4, 0.5) is 9.59 Å². The van der Waals surface area contributed by atoms with E-state index in [0.717, 1.165) is 65.0 Å². The molecule has 6 rings (SSSR count). The van der Waals surface area contributed by atoms with E-state index in [1.54, 1.807) is 29.8 Å². The molecule has 0 aliphatic carbocycles. The van der Waals surface area contributed by atoms with Gasteiger partial charge in [-0.25, -0.2) is 14.6 Å². The number of benzene rings is 2. The summed E-state index contributed by atoms with van der Waals surface area (Å²) in [6, 6.07) is 18.4. The van der Waals surface area contributed by atoms with Gasteiger partial charge in [0.1, 0.15) is 17.9 Å². The molecule has 2 aliphatic heterocycles. The van der Waals surface area contributed by atoms with Crippen LogP contribution in [0.15, 0.2) is 66.9 Å². The number of aromatic nitrogens is 3. The van der Waals surface area contributed by atoms with Crippen molar-refractivity contribution in [1.29, 1.82) is 0 Å². The number of methoxy groups -OCH3 is 4. The van der Waals surface area contributed by atoms with Crippen LogP contribution in [0.2, 0.25) is 0 Å². The first-order chi connectivity index (χ1) is 27.1. The van der Waals surface area contributed by atoms with Crippen molar-refractivity contribution >= 4 is 24.0 Å². The predicted octanol–water partition coefficient (Wildman–Crippen LogP) is 5.58. The lowest BCUT2D eigenvalue weighted by molar-refractivity contribution is -0.138. The van der Waals surface area contributed by atoms with Crippen molar-refractivity contribution in [2.24, 2.45) is 0 Å². The summed E-state index contributed by atoms with van der Waals surface area (Å²) in [5, 5.41) is 5.26. The van der Waals surface area contributed by atoms with E-state index in [1.807, 2.05) is 24.3 Å². The van der Waals surface area contributed by atoms with Crippen LogP contribution in [0.25, 0.3) is 33.6 Å². The molecule has 0 saturated carbocycles. The van der Waals surface area contributed by atoms with Crippen LogP contribution in [0.1, 0.15) is 63.1 Å². The van der Waals surface area contributed by atoms with Crippen molar-refractivity contribution in [2.45, 2.75) is 75.9 Å². The largest absolute Gasteiger partial charge is 0.453 e. The smallest absolute Gasteiger partial charge is 0.407 e. The molecule has 4 heterocycles. The Morgan fingerprint density at radius 1 is 0.643 bits per heavy atom. The number of carbonyl (C=O) groups is 4. The maximum atomic E-state index is 13.6. The third-order valence-electron chi connectivity index (χ3n) is 10.9. The summed E-state index contributed by atoms with van der Waals surface area (Å²) < 4.78 is 20.3. The van der Waals surface area contributed by atoms with Gasteiger partial charge >= 0.3 is 12.2 Å². The maximum absolute atomic E-state index is 13.6. The molecule has 2 aliphatic rings. The first-order valence-corrected chi connectivity index (χ1v) is 18.9. The number of amides is 4. The van der Waals surface area contributed by atoms with Crippen LogP contribution in [0.5, 0.6) is 0 Å². The summed E-state index contributed by atoms with van der Waals surface area (Å²) in [6.45, 7) is 4.60. The molecule has 0 radical (unpaired) electrons. The van der Waals surface area contributed by atoms with Gasteiger partial charge in [-0.1, -0.05) is 48.5 Å². The van der Waals surface area contributed by atoms with E-state index >= 15 is 0 Å². The number of imidazole rings is 1. The number of carbonyl (C=O) groups excluding carboxylic acids is 4. The molecule has 2 fully saturated rings. The second kappa shape index (κ2) is 17.9. The molecule has 4 aromatic rings. The Bertz CT molecular complexity index is 1840. The number of nitrogens with zero attached hydrogens (tertiary/aromatic N) is 3. The fourth-order valence-corrected chi connectivity index (χ4v) is 7.54. The summed E-state index contributed by atoms with van der Waals surface area (Å²) in [5.74, 6) is 0.228. The van der Waals surface area contributed by atoms with Crippen LogP contribution < -0.4 is 10.6 Å². The lowest BCUT2D eigenvalue weighted by Crippen LogP contribution is -2.54. The second-order valence-corrected chi connectivity index (χ2v) is 14.2. The molecule has 4 amide bonds. The number of hydrogen-bond donors (Lipinski definition) is 4. The van der Waals surface area contributed by atoms with E-state index in [4.69, 9.17) is 18.9 Å². The van der Waals surface area contributed by atoms with Crippen molar-refractivity contribution < 1.29 is 38.1 Å². The second-order valence-electron chi connectivity index (χ2n) is 14.2. The SMILES string of the molecule is COC(=O)N[C@H](C(=O)N1CCCC1c1ccc(-c2ccc(-c3ccc(-c4cnc([C@@H]5CCCN5C(=O)[C@@H](NC(=O)OC)[C@@H](C)OC)[nH]4)cc3)cc2)[nH]1)[C@@H](C)OC. The molecule has 6 atom stereocenters. The molecule has 15 heteroatoms. The van der Waals surface area contributed by atoms with Gasteiger partial charge in [0.2, 0.25) is 11.8 Å². The topological polar surface area (TPSA) is 180 Å². The van der Waals surface area contributed by atoms with E-state index in [2.05, 4.69) is 62.0 Å². The van der Waals surface area contributed by atoms with Crippen molar-refractivity contribution in [3.05, 3.63) is 78.4 Å². The maximum Gasteiger partial charge on any atom is 0.407 e. The highest BCUT2D eigenvalue weighted by atomic mass is 16.5. The fourth-order valence-electron chi connectivity index (χ4n) is 7.54. The molecule has 0 bridgehead atoms. The molecule has 2 aromatic heterocycles. The zero-order valence-electron chi connectivity index (χ0n) is 32.7. The first-order valence-electron chi connectivity index (χ1n) is 18.9. The highest BCUT2D eigenvalue weighted by molar-refractivity contribution is 5.87. The number of aromatic amines is 2. The Labute approximate surface area is 326 Å². The number of nitrogens with one attached hydrogen (secondary N) is 4. The van der Waals surface area contributed by atoms with Gasteiger partial charge in [-0.2, -0.15) is 0 Å². The fraction of sp³-hybridized carbons (Fsp3) is 0.439. The van der Waals surface area contributed by atoms with Crippen LogP contribution in [0.3, 0.4) is 0 Å². The highest BCUT2D eigenvalue weighted by Crippen LogP contribution is 2.35. The zero-order valence-corrected chi connectivity index (χ0v) is 32.7. The minimum Gasteiger partial charge on any atom is -0.453 e. The van der Waals surface area contributed by atoms with Crippen LogP contribution in [0, 0.1) is 0 Å². The van der Waals surface area contributed by atoms with Crippen LogP contribution in [-0.2, 0) is 28.5 Å². The Morgan fingerprint density at radius 3 is 1.61 bits per heavy atom. The molecule has 15 nitrogen and oxygen atoms in total. The van der Waals surface area contributed by atoms with Gasteiger partial charge < -0.3 is 49.3 Å². The van der Waals surface area contributed by atoms with E-state index in [-0.39, 0.29) is 23.9 Å². The summed E-state index contributed by atoms with van der Waals surface area (Å²) in [7, 11) is 5.53. The number of rotatable bonds is 13. The number of likely N-dealkylation sites (tertiary alicyclic amines) is 2. The van der Waals surface area contributed by atoms with E-state index in [9.17, 15) is 19.2 Å². The third-order valence-corrected chi connectivity index (χ3v) is 10.9. The van der Waals surface area contributed by atoms with E-state index < -0.39 is 36.5 Å². The van der Waals surface area contributed by atoms with Crippen LogP contribution in [-0.4, -0.2) is 115 Å². The van der Waals surface area contributed by atoms with Crippen LogP contribution >= 0.6 is 0 Å². The van der Waals surface area contributed by atoms with Gasteiger partial charge in [-0.3, -0.25) is 9.59 Å². The van der Waals surface area contributed by atoms with Gasteiger partial charge in [0, 0.05) is 38.7 Å². The third kappa shape index (κ3) is 8.58. The lowest BCUT2D eigenvalue weighted by Gasteiger charge is -2.31. The molecule has 0 spiro atoms. The molecule has 56 heavy (non-hydrogen) atoms. The zero-order chi connectivity index (χ0) is 39.9. The van der Waals surface area contributed by atoms with Crippen molar-refractivity contribution in [2.75, 3.05) is 41.5 Å². The average Bonchev–Trinajstić information content (AvgIpc) is 4.08. The molecular weight excluding hydrogens is 718 g/mol. The molecule has 4 N–H and O–H groups in total. The van der Waals surface area contributed by atoms with E-state index in [0.29, 0.717) is 18.9 Å². The van der Waals surface area contributed by atoms with Gasteiger partial charge in [-0.15, -0.1) is 0 Å². The van der Waals surface area contributed by atoms with Gasteiger partial charge in [0.25, 0.3) is 0 Å². The van der Waals surface area contributed by atoms with Gasteiger partial charge in [0.15, 0.2) is 0 Å². The van der Waals surface area contributed by atoms with Crippen molar-refractivity contribution in [3.8, 4) is 33.6 Å². The van der Waals surface area contributed by atoms with Crippen molar-refractivity contribution in [3.63, 3.8) is 0 Å². The Hall–Kier alpha value is -5.67. The van der Waals surface area contributed by atoms with Crippen molar-refractivity contribution in [1.82, 2.24) is 35.4 Å². The molecule has 298 valence electrons. The number of alkyl carbamates (subject to hydrolysis) is 2. The quantitative estimate of drug-likeness (QED) is 0.135. The number of hydrogen-bond acceptors (Lipinski definition) is 9. The van der Waals surface area contributed by atoms with E-state index in [1.165, 1.54) is 28.4 Å². The number of ether oxygens (including phenoxy) is 4. The molecule has 1 unspecified atom stereocenters. The highest BCUT2D eigenvalue weighted by Gasteiger charge is 2.40. The Balaban J connectivity index is 1.11. The average molecular weight is 770 g/mol. The normalized spacial score (nSPS) is 18.9. The van der Waals surface area contributed by atoms with Gasteiger partial charge in [-0.05, 0) is 73.9 Å². The minimum atomic E-state index is -0.896. The first kappa shape index (κ1) is 40.0. The summed E-state index contributed by atoms with van der Waals surface area (Å²) in [5.41, 5.74) is 6.79. The predicted molar refractivity (Wildman–Crippen MR) is 208 cm³/mol. The molecular formula is C41H51N7O8. The Morgan fingerprint density at radius 2 is 1.11 bits per heavy atom. The monoisotopic (exact) mass is 769 g/mol. The summed E-state index contributed by atoms with van der Waals surface area (Å²) >= 11 is 0. The number of H-pyrrole nitrogens is 2. The Kier molecular flexibility index (Phi) is 12.8. The summed E-state index contributed by atoms with van der Waals surface area (Å²) in [4.78, 5) is 66.4.